The molecule has 0 amide bonds. The SMILES string of the molecule is CB(O)N1[C@@H]2CC[C@H]1C[C@H](C1(O)CCOc3cc(Cl)nnc31)C2. The lowest BCUT2D eigenvalue weighted by molar-refractivity contribution is -0.0835. The number of nitrogens with zero attached hydrogens (tertiary/aromatic N) is 3. The topological polar surface area (TPSA) is 78.7 Å². The number of ether oxygens (including phenoxy) is 1. The zero-order chi connectivity index (χ0) is 16.2. The zero-order valence-corrected chi connectivity index (χ0v) is 13.9. The molecule has 0 saturated carbocycles. The van der Waals surface area contributed by atoms with E-state index < -0.39 is 12.7 Å². The highest BCUT2D eigenvalue weighted by Gasteiger charge is 2.52. The van der Waals surface area contributed by atoms with Crippen LogP contribution in [-0.4, -0.2) is 50.9 Å². The van der Waals surface area contributed by atoms with Gasteiger partial charge in [0.25, 0.3) is 0 Å². The van der Waals surface area contributed by atoms with Crippen LogP contribution in [0.3, 0.4) is 0 Å². The Labute approximate surface area is 140 Å². The molecule has 0 spiro atoms. The van der Waals surface area contributed by atoms with Crippen molar-refractivity contribution in [1.29, 1.82) is 0 Å². The fourth-order valence-electron chi connectivity index (χ4n) is 4.81. The molecule has 4 heterocycles. The molecule has 4 rings (SSSR count). The summed E-state index contributed by atoms with van der Waals surface area (Å²) in [5.41, 5.74) is -0.500. The number of aliphatic hydroxyl groups is 1. The third-order valence-electron chi connectivity index (χ3n) is 5.78. The van der Waals surface area contributed by atoms with Crippen molar-refractivity contribution in [1.82, 2.24) is 15.0 Å². The summed E-state index contributed by atoms with van der Waals surface area (Å²) in [6.45, 7) is 2.29. The molecule has 0 aliphatic carbocycles. The van der Waals surface area contributed by atoms with Gasteiger partial charge in [-0.15, -0.1) is 10.2 Å². The Morgan fingerprint density at radius 3 is 2.70 bits per heavy atom. The summed E-state index contributed by atoms with van der Waals surface area (Å²) in [6.07, 6.45) is 4.41. The minimum absolute atomic E-state index is 0.105. The van der Waals surface area contributed by atoms with E-state index in [0.29, 0.717) is 36.6 Å². The normalized spacial score (nSPS) is 36.4. The summed E-state index contributed by atoms with van der Waals surface area (Å²) >= 11 is 5.90. The van der Waals surface area contributed by atoms with Gasteiger partial charge in [0.15, 0.2) is 5.15 Å². The Hall–Kier alpha value is -0.885. The molecule has 1 aromatic heterocycles. The Morgan fingerprint density at radius 1 is 1.35 bits per heavy atom. The van der Waals surface area contributed by atoms with Crippen LogP contribution in [0, 0.1) is 5.92 Å². The summed E-state index contributed by atoms with van der Waals surface area (Å²) in [7, 11) is -0.427. The largest absolute Gasteiger partial charge is 0.491 e. The van der Waals surface area contributed by atoms with Crippen molar-refractivity contribution in [2.24, 2.45) is 5.92 Å². The second-order valence-electron chi connectivity index (χ2n) is 7.04. The first-order chi connectivity index (χ1) is 11.0. The summed E-state index contributed by atoms with van der Waals surface area (Å²) in [6, 6.07) is 2.29. The Morgan fingerprint density at radius 2 is 2.04 bits per heavy atom. The molecular formula is C15H21BClN3O3. The smallest absolute Gasteiger partial charge is 0.376 e. The van der Waals surface area contributed by atoms with E-state index in [2.05, 4.69) is 15.0 Å². The molecular weight excluding hydrogens is 316 g/mol. The molecule has 6 nitrogen and oxygen atoms in total. The number of rotatable bonds is 2. The van der Waals surface area contributed by atoms with E-state index in [1.54, 1.807) is 6.07 Å². The van der Waals surface area contributed by atoms with E-state index in [4.69, 9.17) is 16.3 Å². The molecule has 23 heavy (non-hydrogen) atoms. The van der Waals surface area contributed by atoms with E-state index in [0.717, 1.165) is 25.7 Å². The molecule has 2 fully saturated rings. The minimum atomic E-state index is -1.02. The van der Waals surface area contributed by atoms with Crippen molar-refractivity contribution < 1.29 is 14.9 Å². The first-order valence-electron chi connectivity index (χ1n) is 8.33. The molecule has 4 atom stereocenters. The third kappa shape index (κ3) is 2.45. The second kappa shape index (κ2) is 5.58. The lowest BCUT2D eigenvalue weighted by atomic mass is 9.69. The minimum Gasteiger partial charge on any atom is -0.491 e. The maximum absolute atomic E-state index is 11.4. The fourth-order valence-corrected chi connectivity index (χ4v) is 4.95. The first-order valence-corrected chi connectivity index (χ1v) is 8.71. The Balaban J connectivity index is 1.65. The molecule has 0 radical (unpaired) electrons. The monoisotopic (exact) mass is 337 g/mol. The standard InChI is InChI=1S/C15H21BClN3O3/c1-16(22)20-10-2-3-11(20)7-9(6-10)15(21)4-5-23-12-8-13(17)18-19-14(12)15/h8-11,21-22H,2-7H2,1H3/t9-,10-,11+,15?. The van der Waals surface area contributed by atoms with Gasteiger partial charge in [0.05, 0.1) is 6.61 Å². The maximum Gasteiger partial charge on any atom is 0.376 e. The molecule has 1 unspecified atom stereocenters. The molecule has 2 bridgehead atoms. The summed E-state index contributed by atoms with van der Waals surface area (Å²) in [4.78, 5) is 2.20. The number of halogens is 1. The number of hydrogen-bond acceptors (Lipinski definition) is 6. The van der Waals surface area contributed by atoms with Crippen molar-refractivity contribution in [3.63, 3.8) is 0 Å². The van der Waals surface area contributed by atoms with Crippen molar-refractivity contribution in [3.05, 3.63) is 16.9 Å². The van der Waals surface area contributed by atoms with Crippen molar-refractivity contribution >= 4 is 18.7 Å². The van der Waals surface area contributed by atoms with Crippen LogP contribution < -0.4 is 4.74 Å². The van der Waals surface area contributed by atoms with Crippen LogP contribution in [0.4, 0.5) is 0 Å². The first kappa shape index (κ1) is 15.6. The maximum atomic E-state index is 11.4. The van der Waals surface area contributed by atoms with Crippen molar-refractivity contribution in [3.8, 4) is 5.75 Å². The molecule has 0 aromatic carbocycles. The predicted molar refractivity (Wildman–Crippen MR) is 86.3 cm³/mol. The molecule has 3 aliphatic rings. The van der Waals surface area contributed by atoms with Crippen LogP contribution >= 0.6 is 11.6 Å². The molecule has 124 valence electrons. The molecule has 2 N–H and O–H groups in total. The van der Waals surface area contributed by atoms with Gasteiger partial charge in [-0.1, -0.05) is 11.6 Å². The lowest BCUT2D eigenvalue weighted by Gasteiger charge is -2.46. The highest BCUT2D eigenvalue weighted by atomic mass is 35.5. The van der Waals surface area contributed by atoms with Gasteiger partial charge < -0.3 is 19.7 Å². The van der Waals surface area contributed by atoms with Crippen LogP contribution in [0.25, 0.3) is 0 Å². The lowest BCUT2D eigenvalue weighted by Crippen LogP contribution is -2.54. The average Bonchev–Trinajstić information content (AvgIpc) is 2.78. The van der Waals surface area contributed by atoms with E-state index in [9.17, 15) is 10.1 Å². The molecule has 2 saturated heterocycles. The van der Waals surface area contributed by atoms with E-state index in [1.165, 1.54) is 0 Å². The number of fused-ring (bicyclic) bond motifs is 3. The van der Waals surface area contributed by atoms with Crippen LogP contribution in [0.1, 0.15) is 37.8 Å². The van der Waals surface area contributed by atoms with Gasteiger partial charge >= 0.3 is 7.05 Å². The summed E-state index contributed by atoms with van der Waals surface area (Å²) in [5.74, 6) is 0.650. The highest BCUT2D eigenvalue weighted by Crippen LogP contribution is 2.50. The fraction of sp³-hybridized carbons (Fsp3) is 0.733. The Kier molecular flexibility index (Phi) is 3.80. The van der Waals surface area contributed by atoms with Crippen molar-refractivity contribution in [2.45, 2.75) is 56.6 Å². The van der Waals surface area contributed by atoms with Gasteiger partial charge in [0.2, 0.25) is 0 Å². The summed E-state index contributed by atoms with van der Waals surface area (Å²) < 4.78 is 5.62. The summed E-state index contributed by atoms with van der Waals surface area (Å²) in [5, 5.41) is 29.8. The highest BCUT2D eigenvalue weighted by molar-refractivity contribution is 6.45. The van der Waals surface area contributed by atoms with Gasteiger partial charge in [-0.05, 0) is 38.4 Å². The third-order valence-corrected chi connectivity index (χ3v) is 5.96. The van der Waals surface area contributed by atoms with E-state index in [1.807, 2.05) is 6.82 Å². The van der Waals surface area contributed by atoms with Gasteiger partial charge in [-0.25, -0.2) is 0 Å². The molecule has 1 aromatic rings. The molecule has 8 heteroatoms. The quantitative estimate of drug-likeness (QED) is 0.795. The zero-order valence-electron chi connectivity index (χ0n) is 13.2. The van der Waals surface area contributed by atoms with Crippen LogP contribution in [-0.2, 0) is 5.60 Å². The Bertz CT molecular complexity index is 606. The predicted octanol–water partition coefficient (Wildman–Crippen LogP) is 1.45. The van der Waals surface area contributed by atoms with Crippen molar-refractivity contribution in [2.75, 3.05) is 6.61 Å². The van der Waals surface area contributed by atoms with Gasteiger partial charge in [0, 0.05) is 24.6 Å². The van der Waals surface area contributed by atoms with Gasteiger partial charge in [0.1, 0.15) is 17.0 Å². The van der Waals surface area contributed by atoms with Crippen LogP contribution in [0.2, 0.25) is 12.0 Å². The van der Waals surface area contributed by atoms with Crippen LogP contribution in [0.15, 0.2) is 6.07 Å². The number of piperidine rings is 1. The van der Waals surface area contributed by atoms with Gasteiger partial charge in [-0.3, -0.25) is 0 Å². The number of hydrogen-bond donors (Lipinski definition) is 2. The number of aromatic nitrogens is 2. The van der Waals surface area contributed by atoms with E-state index >= 15 is 0 Å². The second-order valence-corrected chi connectivity index (χ2v) is 7.42. The van der Waals surface area contributed by atoms with Gasteiger partial charge in [-0.2, -0.15) is 0 Å². The van der Waals surface area contributed by atoms with Crippen LogP contribution in [0.5, 0.6) is 5.75 Å². The average molecular weight is 338 g/mol. The molecule has 3 aliphatic heterocycles. The van der Waals surface area contributed by atoms with E-state index in [-0.39, 0.29) is 11.1 Å².